The predicted molar refractivity (Wildman–Crippen MR) is 99.5 cm³/mol. The summed E-state index contributed by atoms with van der Waals surface area (Å²) in [6.45, 7) is 6.32. The molecule has 128 valence electrons. The maximum atomic E-state index is 12.3. The first kappa shape index (κ1) is 17.3. The summed E-state index contributed by atoms with van der Waals surface area (Å²) in [6.07, 6.45) is 1.01. The average Bonchev–Trinajstić information content (AvgIpc) is 2.61. The first-order valence-electron chi connectivity index (χ1n) is 8.65. The van der Waals surface area contributed by atoms with Crippen LogP contribution in [0.15, 0.2) is 48.5 Å². The van der Waals surface area contributed by atoms with Crippen LogP contribution in [0.1, 0.15) is 40.4 Å². The van der Waals surface area contributed by atoms with Crippen molar-refractivity contribution in [1.82, 2.24) is 5.32 Å². The highest BCUT2D eigenvalue weighted by Crippen LogP contribution is 2.30. The van der Waals surface area contributed by atoms with Gasteiger partial charge in [0.2, 0.25) is 0 Å². The van der Waals surface area contributed by atoms with Crippen LogP contribution in [0.5, 0.6) is 0 Å². The third kappa shape index (κ3) is 4.29. The van der Waals surface area contributed by atoms with Gasteiger partial charge in [-0.1, -0.05) is 36.5 Å². The van der Waals surface area contributed by atoms with E-state index in [1.807, 2.05) is 48.5 Å². The molecule has 0 aromatic heterocycles. The van der Waals surface area contributed by atoms with Crippen molar-refractivity contribution in [3.05, 3.63) is 70.8 Å². The number of aryl methyl sites for hydroxylation is 1. The minimum absolute atomic E-state index is 0.0437. The molecule has 0 saturated carbocycles. The number of amides is 1. The molecule has 1 N–H and O–H groups in total. The zero-order valence-electron chi connectivity index (χ0n) is 14.8. The molecule has 0 spiro atoms. The normalized spacial score (nSPS) is 14.8. The molecule has 0 radical (unpaired) electrons. The van der Waals surface area contributed by atoms with E-state index in [1.165, 1.54) is 5.56 Å². The van der Waals surface area contributed by atoms with E-state index in [2.05, 4.69) is 31.0 Å². The number of carbonyl (C=O) groups is 1. The van der Waals surface area contributed by atoms with Gasteiger partial charge in [0.25, 0.3) is 5.91 Å². The Hall–Kier alpha value is -2.57. The summed E-state index contributed by atoms with van der Waals surface area (Å²) in [5.74, 6) is 6.23. The molecule has 1 aliphatic heterocycles. The molecule has 0 aliphatic carbocycles. The van der Waals surface area contributed by atoms with E-state index < -0.39 is 0 Å². The van der Waals surface area contributed by atoms with Crippen LogP contribution in [0.2, 0.25) is 0 Å². The van der Waals surface area contributed by atoms with Crippen LogP contribution in [-0.2, 0) is 4.74 Å². The number of benzene rings is 2. The van der Waals surface area contributed by atoms with Crippen molar-refractivity contribution >= 4 is 5.91 Å². The van der Waals surface area contributed by atoms with Crippen molar-refractivity contribution in [2.24, 2.45) is 5.41 Å². The first-order chi connectivity index (χ1) is 12.1. The molecule has 1 saturated heterocycles. The van der Waals surface area contributed by atoms with Gasteiger partial charge in [-0.15, -0.1) is 0 Å². The Morgan fingerprint density at radius 3 is 2.08 bits per heavy atom. The van der Waals surface area contributed by atoms with Gasteiger partial charge in [0.05, 0.1) is 13.2 Å². The van der Waals surface area contributed by atoms with E-state index >= 15 is 0 Å². The van der Waals surface area contributed by atoms with Crippen LogP contribution in [0.4, 0.5) is 0 Å². The van der Waals surface area contributed by atoms with E-state index in [4.69, 9.17) is 4.74 Å². The quantitative estimate of drug-likeness (QED) is 0.869. The molecule has 3 nitrogen and oxygen atoms in total. The smallest absolute Gasteiger partial charge is 0.251 e. The van der Waals surface area contributed by atoms with Crippen molar-refractivity contribution in [3.8, 4) is 11.8 Å². The highest BCUT2D eigenvalue weighted by Gasteiger charge is 2.36. The van der Waals surface area contributed by atoms with Crippen LogP contribution < -0.4 is 5.32 Å². The second-order valence-corrected chi connectivity index (χ2v) is 6.72. The van der Waals surface area contributed by atoms with Gasteiger partial charge in [-0.05, 0) is 49.7 Å². The van der Waals surface area contributed by atoms with Crippen molar-refractivity contribution < 1.29 is 9.53 Å². The number of hydrogen-bond donors (Lipinski definition) is 1. The third-order valence-electron chi connectivity index (χ3n) is 4.74. The Morgan fingerprint density at radius 1 is 1.04 bits per heavy atom. The molecule has 0 bridgehead atoms. The Labute approximate surface area is 149 Å². The van der Waals surface area contributed by atoms with Gasteiger partial charge in [-0.2, -0.15) is 0 Å². The Morgan fingerprint density at radius 2 is 1.60 bits per heavy atom. The lowest BCUT2D eigenvalue weighted by atomic mass is 9.83. The van der Waals surface area contributed by atoms with Gasteiger partial charge in [0.15, 0.2) is 0 Å². The first-order valence-corrected chi connectivity index (χ1v) is 8.65. The summed E-state index contributed by atoms with van der Waals surface area (Å²) in [6, 6.07) is 15.5. The number of ether oxygens (including phenoxy) is 1. The lowest BCUT2D eigenvalue weighted by Gasteiger charge is -2.40. The second-order valence-electron chi connectivity index (χ2n) is 6.72. The summed E-state index contributed by atoms with van der Waals surface area (Å²) < 4.78 is 5.29. The van der Waals surface area contributed by atoms with Crippen LogP contribution >= 0.6 is 0 Å². The van der Waals surface area contributed by atoms with E-state index in [9.17, 15) is 4.79 Å². The summed E-state index contributed by atoms with van der Waals surface area (Å²) >= 11 is 0. The minimum atomic E-state index is -0.0437. The molecular formula is C22H23NO2. The van der Waals surface area contributed by atoms with Gasteiger partial charge in [0.1, 0.15) is 0 Å². The van der Waals surface area contributed by atoms with Crippen LogP contribution in [-0.4, -0.2) is 25.7 Å². The Bertz CT molecular complexity index is 785. The Kier molecular flexibility index (Phi) is 5.21. The third-order valence-corrected chi connectivity index (χ3v) is 4.74. The van der Waals surface area contributed by atoms with Crippen molar-refractivity contribution in [3.63, 3.8) is 0 Å². The van der Waals surface area contributed by atoms with Gasteiger partial charge in [0, 0.05) is 28.7 Å². The number of hydrogen-bond acceptors (Lipinski definition) is 2. The minimum Gasteiger partial charge on any atom is -0.380 e. The molecule has 1 fully saturated rings. The van der Waals surface area contributed by atoms with Gasteiger partial charge in [-0.3, -0.25) is 4.79 Å². The van der Waals surface area contributed by atoms with Crippen LogP contribution in [0, 0.1) is 24.2 Å². The SMILES string of the molecule is CCC1(CNC(=O)c2ccc(C#Cc3ccc(C)cc3)cc2)COC1. The fourth-order valence-electron chi connectivity index (χ4n) is 2.68. The van der Waals surface area contributed by atoms with E-state index in [-0.39, 0.29) is 11.3 Å². The van der Waals surface area contributed by atoms with Gasteiger partial charge < -0.3 is 10.1 Å². The highest BCUT2D eigenvalue weighted by atomic mass is 16.5. The second kappa shape index (κ2) is 7.55. The maximum Gasteiger partial charge on any atom is 0.251 e. The maximum absolute atomic E-state index is 12.3. The fourth-order valence-corrected chi connectivity index (χ4v) is 2.68. The lowest BCUT2D eigenvalue weighted by molar-refractivity contribution is -0.111. The standard InChI is InChI=1S/C22H23NO2/c1-3-22(15-25-16-22)14-23-21(24)20-12-10-19(11-13-20)9-8-18-6-4-17(2)5-7-18/h4-7,10-13H,3,14-16H2,1-2H3,(H,23,24). The zero-order valence-corrected chi connectivity index (χ0v) is 14.8. The molecular weight excluding hydrogens is 310 g/mol. The molecule has 3 rings (SSSR count). The largest absolute Gasteiger partial charge is 0.380 e. The molecule has 0 atom stereocenters. The number of carbonyl (C=O) groups excluding carboxylic acids is 1. The predicted octanol–water partition coefficient (Wildman–Crippen LogP) is 3.55. The van der Waals surface area contributed by atoms with Gasteiger partial charge in [-0.25, -0.2) is 0 Å². The fraction of sp³-hybridized carbons (Fsp3) is 0.318. The molecule has 1 heterocycles. The summed E-state index contributed by atoms with van der Waals surface area (Å²) in [7, 11) is 0. The average molecular weight is 333 g/mol. The molecule has 0 unspecified atom stereocenters. The summed E-state index contributed by atoms with van der Waals surface area (Å²) in [4.78, 5) is 12.3. The number of rotatable bonds is 4. The molecule has 2 aromatic carbocycles. The van der Waals surface area contributed by atoms with Crippen LogP contribution in [0.3, 0.4) is 0 Å². The molecule has 25 heavy (non-hydrogen) atoms. The molecule has 1 aliphatic rings. The number of nitrogens with one attached hydrogen (secondary N) is 1. The van der Waals surface area contributed by atoms with E-state index in [0.717, 1.165) is 30.8 Å². The van der Waals surface area contributed by atoms with Crippen LogP contribution in [0.25, 0.3) is 0 Å². The topological polar surface area (TPSA) is 38.3 Å². The van der Waals surface area contributed by atoms with Gasteiger partial charge >= 0.3 is 0 Å². The molecule has 3 heteroatoms. The van der Waals surface area contributed by atoms with Crippen molar-refractivity contribution in [1.29, 1.82) is 0 Å². The monoisotopic (exact) mass is 333 g/mol. The Balaban J connectivity index is 1.60. The van der Waals surface area contributed by atoms with Crippen molar-refractivity contribution in [2.75, 3.05) is 19.8 Å². The zero-order chi connectivity index (χ0) is 17.7. The van der Waals surface area contributed by atoms with E-state index in [0.29, 0.717) is 12.1 Å². The van der Waals surface area contributed by atoms with E-state index in [1.54, 1.807) is 0 Å². The van der Waals surface area contributed by atoms with Crippen molar-refractivity contribution in [2.45, 2.75) is 20.3 Å². The summed E-state index contributed by atoms with van der Waals surface area (Å²) in [5.41, 5.74) is 3.89. The molecule has 2 aromatic rings. The molecule has 1 amide bonds. The lowest BCUT2D eigenvalue weighted by Crippen LogP contribution is -2.50. The summed E-state index contributed by atoms with van der Waals surface area (Å²) in [5, 5.41) is 3.02. The highest BCUT2D eigenvalue weighted by molar-refractivity contribution is 5.94.